The van der Waals surface area contributed by atoms with E-state index >= 15 is 0 Å². The molecule has 164 valence electrons. The predicted molar refractivity (Wildman–Crippen MR) is 111 cm³/mol. The number of hydrogen-bond acceptors (Lipinski definition) is 6. The van der Waals surface area contributed by atoms with Crippen molar-refractivity contribution in [2.45, 2.75) is 38.5 Å². The molecule has 2 aromatic rings. The molecule has 0 saturated heterocycles. The molecule has 0 unspecified atom stereocenters. The largest absolute Gasteiger partial charge is 0.481 e. The summed E-state index contributed by atoms with van der Waals surface area (Å²) in [6.45, 7) is 0. The van der Waals surface area contributed by atoms with Crippen LogP contribution in [0.5, 0.6) is 0 Å². The second-order valence-corrected chi connectivity index (χ2v) is 6.51. The minimum atomic E-state index is -0.961. The number of non-ortho nitro benzene ring substituents is 1. The summed E-state index contributed by atoms with van der Waals surface area (Å²) < 4.78 is 0. The average Bonchev–Trinajstić information content (AvgIpc) is 2.74. The molecule has 2 aromatic carbocycles. The molecule has 31 heavy (non-hydrogen) atoms. The van der Waals surface area contributed by atoms with Gasteiger partial charge in [-0.3, -0.25) is 29.3 Å². The van der Waals surface area contributed by atoms with Crippen molar-refractivity contribution in [1.82, 2.24) is 0 Å². The number of nitro benzene ring substituents is 1. The minimum absolute atomic E-state index is 0.00634. The van der Waals surface area contributed by atoms with Crippen LogP contribution in [0.4, 0.5) is 5.69 Å². The Bertz CT molecular complexity index is 924. The number of aliphatic carboxylic acids is 2. The Kier molecular flexibility index (Phi) is 10.8. The number of carboxylic acids is 2. The first-order chi connectivity index (χ1) is 14.7. The molecule has 0 fully saturated rings. The number of carbonyl (C=O) groups excluding carboxylic acids is 2. The van der Waals surface area contributed by atoms with Gasteiger partial charge in [0.2, 0.25) is 0 Å². The number of hydrogen-bond donors (Lipinski definition) is 2. The molecular formula is C22H23NO8. The van der Waals surface area contributed by atoms with Crippen LogP contribution in [0, 0.1) is 10.1 Å². The Morgan fingerprint density at radius 1 is 0.710 bits per heavy atom. The third kappa shape index (κ3) is 10.5. The zero-order valence-corrected chi connectivity index (χ0v) is 16.7. The lowest BCUT2D eigenvalue weighted by Crippen LogP contribution is -2.02. The standard InChI is InChI=1S/C11H11NO5.C11H12O3/c13-10(5-2-6-11(14)15)8-3-1-4-9(7-8)12(16)17;12-10(7-4-8-11(13)14)9-5-2-1-3-6-9/h1,3-4,7H,2,5-6H2,(H,14,15);1-3,5-6H,4,7-8H2,(H,13,14). The van der Waals surface area contributed by atoms with Gasteiger partial charge in [-0.1, -0.05) is 42.5 Å². The molecule has 0 amide bonds. The second kappa shape index (κ2) is 13.4. The quantitative estimate of drug-likeness (QED) is 0.307. The summed E-state index contributed by atoms with van der Waals surface area (Å²) in [6.07, 6.45) is 0.989. The first-order valence-electron chi connectivity index (χ1n) is 9.50. The van der Waals surface area contributed by atoms with Crippen molar-refractivity contribution in [3.63, 3.8) is 0 Å². The highest BCUT2D eigenvalue weighted by molar-refractivity contribution is 5.97. The number of carbonyl (C=O) groups is 4. The van der Waals surface area contributed by atoms with Crippen LogP contribution in [0.1, 0.15) is 59.2 Å². The SMILES string of the molecule is O=C(O)CCCC(=O)c1cccc([N+](=O)[O-])c1.O=C(O)CCCC(=O)c1ccccc1. The number of nitrogens with zero attached hydrogens (tertiary/aromatic N) is 1. The number of carboxylic acid groups (broad SMARTS) is 2. The van der Waals surface area contributed by atoms with Gasteiger partial charge in [0.1, 0.15) is 0 Å². The molecule has 0 aliphatic rings. The summed E-state index contributed by atoms with van der Waals surface area (Å²) >= 11 is 0. The highest BCUT2D eigenvalue weighted by Crippen LogP contribution is 2.15. The molecule has 0 heterocycles. The lowest BCUT2D eigenvalue weighted by atomic mass is 10.1. The van der Waals surface area contributed by atoms with Crippen molar-refractivity contribution in [1.29, 1.82) is 0 Å². The van der Waals surface area contributed by atoms with E-state index < -0.39 is 16.9 Å². The van der Waals surface area contributed by atoms with Crippen LogP contribution in [0.15, 0.2) is 54.6 Å². The maximum absolute atomic E-state index is 11.6. The molecule has 0 radical (unpaired) electrons. The number of Topliss-reactive ketones (excluding diaryl/α,β-unsaturated/α-hetero) is 2. The molecule has 0 aromatic heterocycles. The van der Waals surface area contributed by atoms with E-state index in [1.165, 1.54) is 24.3 Å². The normalized spacial score (nSPS) is 9.81. The molecule has 2 N–H and O–H groups in total. The maximum Gasteiger partial charge on any atom is 0.303 e. The van der Waals surface area contributed by atoms with Crippen molar-refractivity contribution in [2.75, 3.05) is 0 Å². The van der Waals surface area contributed by atoms with Crippen LogP contribution >= 0.6 is 0 Å². The Hall–Kier alpha value is -3.88. The van der Waals surface area contributed by atoms with E-state index in [1.54, 1.807) is 24.3 Å². The molecule has 0 aliphatic carbocycles. The van der Waals surface area contributed by atoms with Crippen LogP contribution < -0.4 is 0 Å². The lowest BCUT2D eigenvalue weighted by Gasteiger charge is -1.99. The number of ketones is 2. The Morgan fingerprint density at radius 2 is 1.19 bits per heavy atom. The van der Waals surface area contributed by atoms with Crippen molar-refractivity contribution >= 4 is 29.2 Å². The summed E-state index contributed by atoms with van der Waals surface area (Å²) in [7, 11) is 0. The van der Waals surface area contributed by atoms with Gasteiger partial charge >= 0.3 is 11.9 Å². The fourth-order valence-corrected chi connectivity index (χ4v) is 2.51. The predicted octanol–water partition coefficient (Wildman–Crippen LogP) is 4.16. The molecule has 9 heteroatoms. The first kappa shape index (κ1) is 25.2. The van der Waals surface area contributed by atoms with Gasteiger partial charge in [-0.25, -0.2) is 0 Å². The van der Waals surface area contributed by atoms with Gasteiger partial charge in [0.05, 0.1) is 4.92 Å². The number of rotatable bonds is 11. The molecule has 0 saturated carbocycles. The van der Waals surface area contributed by atoms with E-state index in [2.05, 4.69) is 0 Å². The Labute approximate surface area is 178 Å². The number of nitro groups is 1. The Balaban J connectivity index is 0.000000316. The smallest absolute Gasteiger partial charge is 0.303 e. The van der Waals surface area contributed by atoms with Gasteiger partial charge in [-0.2, -0.15) is 0 Å². The Morgan fingerprint density at radius 3 is 1.68 bits per heavy atom. The fraction of sp³-hybridized carbons (Fsp3) is 0.273. The maximum atomic E-state index is 11.6. The summed E-state index contributed by atoms with van der Waals surface area (Å²) in [5.74, 6) is -2.09. The third-order valence-electron chi connectivity index (χ3n) is 4.06. The van der Waals surface area contributed by atoms with E-state index in [0.717, 1.165) is 0 Å². The van der Waals surface area contributed by atoms with Crippen LogP contribution in [0.25, 0.3) is 0 Å². The van der Waals surface area contributed by atoms with Crippen molar-refractivity contribution < 1.29 is 34.3 Å². The molecular weight excluding hydrogens is 406 g/mol. The van der Waals surface area contributed by atoms with Gasteiger partial charge < -0.3 is 10.2 Å². The van der Waals surface area contributed by atoms with Crippen molar-refractivity contribution in [2.24, 2.45) is 0 Å². The zero-order valence-electron chi connectivity index (χ0n) is 16.7. The summed E-state index contributed by atoms with van der Waals surface area (Å²) in [4.78, 5) is 53.4. The lowest BCUT2D eigenvalue weighted by molar-refractivity contribution is -0.384. The monoisotopic (exact) mass is 429 g/mol. The number of benzene rings is 2. The third-order valence-corrected chi connectivity index (χ3v) is 4.06. The molecule has 2 rings (SSSR count). The molecule has 0 aliphatic heterocycles. The molecule has 0 bridgehead atoms. The highest BCUT2D eigenvalue weighted by atomic mass is 16.6. The molecule has 0 spiro atoms. The topological polar surface area (TPSA) is 152 Å². The van der Waals surface area contributed by atoms with E-state index in [0.29, 0.717) is 18.4 Å². The van der Waals surface area contributed by atoms with Crippen LogP contribution in [0.3, 0.4) is 0 Å². The van der Waals surface area contributed by atoms with Crippen molar-refractivity contribution in [3.05, 3.63) is 75.8 Å². The van der Waals surface area contributed by atoms with Gasteiger partial charge in [0, 0.05) is 48.9 Å². The first-order valence-corrected chi connectivity index (χ1v) is 9.50. The van der Waals surface area contributed by atoms with Gasteiger partial charge in [-0.15, -0.1) is 0 Å². The average molecular weight is 429 g/mol. The minimum Gasteiger partial charge on any atom is -0.481 e. The van der Waals surface area contributed by atoms with Crippen molar-refractivity contribution in [3.8, 4) is 0 Å². The van der Waals surface area contributed by atoms with E-state index in [1.807, 2.05) is 6.07 Å². The second-order valence-electron chi connectivity index (χ2n) is 6.51. The van der Waals surface area contributed by atoms with Gasteiger partial charge in [-0.05, 0) is 12.8 Å². The van der Waals surface area contributed by atoms with Crippen LogP contribution in [-0.4, -0.2) is 38.6 Å². The summed E-state index contributed by atoms with van der Waals surface area (Å²) in [6, 6.07) is 14.3. The van der Waals surface area contributed by atoms with E-state index in [4.69, 9.17) is 10.2 Å². The zero-order chi connectivity index (χ0) is 23.2. The molecule has 0 atom stereocenters. The fourth-order valence-electron chi connectivity index (χ4n) is 2.51. The molecule has 9 nitrogen and oxygen atoms in total. The van der Waals surface area contributed by atoms with Crippen LogP contribution in [-0.2, 0) is 9.59 Å². The van der Waals surface area contributed by atoms with Gasteiger partial charge in [0.25, 0.3) is 5.69 Å². The van der Waals surface area contributed by atoms with E-state index in [9.17, 15) is 29.3 Å². The van der Waals surface area contributed by atoms with Crippen LogP contribution in [0.2, 0.25) is 0 Å². The summed E-state index contributed by atoms with van der Waals surface area (Å²) in [5, 5.41) is 27.3. The van der Waals surface area contributed by atoms with Gasteiger partial charge in [0.15, 0.2) is 11.6 Å². The highest BCUT2D eigenvalue weighted by Gasteiger charge is 2.11. The summed E-state index contributed by atoms with van der Waals surface area (Å²) in [5.41, 5.74) is 0.747. The van der Waals surface area contributed by atoms with E-state index in [-0.39, 0.29) is 48.5 Å².